The van der Waals surface area contributed by atoms with Gasteiger partial charge in [0, 0.05) is 29.1 Å². The van der Waals surface area contributed by atoms with E-state index in [2.05, 4.69) is 44.5 Å². The van der Waals surface area contributed by atoms with Crippen LogP contribution in [0, 0.1) is 3.57 Å². The van der Waals surface area contributed by atoms with E-state index in [1.54, 1.807) is 0 Å². The Hall–Kier alpha value is -0.390. The van der Waals surface area contributed by atoms with Crippen LogP contribution in [0.25, 0.3) is 0 Å². The number of nitrogens with zero attached hydrogens (tertiary/aromatic N) is 3. The van der Waals surface area contributed by atoms with Gasteiger partial charge in [0.25, 0.3) is 0 Å². The molecule has 2 rings (SSSR count). The number of halogens is 1. The van der Waals surface area contributed by atoms with Gasteiger partial charge in [0.15, 0.2) is 0 Å². The zero-order valence-corrected chi connectivity index (χ0v) is 11.1. The molecule has 0 radical (unpaired) electrons. The molecule has 3 nitrogen and oxygen atoms in total. The summed E-state index contributed by atoms with van der Waals surface area (Å²) in [6.07, 6.45) is 10.4. The summed E-state index contributed by atoms with van der Waals surface area (Å²) < 4.78 is 1.09. The third-order valence-electron chi connectivity index (χ3n) is 3.04. The van der Waals surface area contributed by atoms with E-state index in [0.29, 0.717) is 6.04 Å². The van der Waals surface area contributed by atoms with Gasteiger partial charge in [-0.25, -0.2) is 9.97 Å². The van der Waals surface area contributed by atoms with Crippen LogP contribution in [0.15, 0.2) is 12.4 Å². The van der Waals surface area contributed by atoms with E-state index in [4.69, 9.17) is 0 Å². The molecule has 0 unspecified atom stereocenters. The zero-order chi connectivity index (χ0) is 10.7. The van der Waals surface area contributed by atoms with Crippen molar-refractivity contribution in [2.75, 3.05) is 11.9 Å². The van der Waals surface area contributed by atoms with E-state index < -0.39 is 0 Å². The summed E-state index contributed by atoms with van der Waals surface area (Å²) in [6.45, 7) is 0. The van der Waals surface area contributed by atoms with Crippen molar-refractivity contribution in [1.29, 1.82) is 0 Å². The van der Waals surface area contributed by atoms with Crippen LogP contribution < -0.4 is 4.90 Å². The lowest BCUT2D eigenvalue weighted by Crippen LogP contribution is -2.34. The summed E-state index contributed by atoms with van der Waals surface area (Å²) >= 11 is 2.23. The number of rotatable bonds is 2. The monoisotopic (exact) mass is 317 g/mol. The Morgan fingerprint density at radius 1 is 1.20 bits per heavy atom. The first kappa shape index (κ1) is 11.1. The summed E-state index contributed by atoms with van der Waals surface area (Å²) in [7, 11) is 2.11. The van der Waals surface area contributed by atoms with E-state index in [1.165, 1.54) is 32.1 Å². The number of hydrogen-bond donors (Lipinski definition) is 0. The SMILES string of the molecule is CN(c1ncc(I)cn1)C1CCCCC1. The van der Waals surface area contributed by atoms with Gasteiger partial charge in [0.05, 0.1) is 0 Å². The van der Waals surface area contributed by atoms with E-state index >= 15 is 0 Å². The van der Waals surface area contributed by atoms with Crippen LogP contribution in [0.2, 0.25) is 0 Å². The normalized spacial score (nSPS) is 17.7. The van der Waals surface area contributed by atoms with Crippen LogP contribution in [-0.4, -0.2) is 23.1 Å². The highest BCUT2D eigenvalue weighted by Crippen LogP contribution is 2.23. The third kappa shape index (κ3) is 2.80. The second kappa shape index (κ2) is 5.09. The van der Waals surface area contributed by atoms with Gasteiger partial charge < -0.3 is 4.90 Å². The fraction of sp³-hybridized carbons (Fsp3) is 0.636. The van der Waals surface area contributed by atoms with Crippen LogP contribution in [-0.2, 0) is 0 Å². The van der Waals surface area contributed by atoms with Crippen molar-refractivity contribution in [3.8, 4) is 0 Å². The zero-order valence-electron chi connectivity index (χ0n) is 8.99. The highest BCUT2D eigenvalue weighted by molar-refractivity contribution is 14.1. The van der Waals surface area contributed by atoms with Crippen LogP contribution in [0.1, 0.15) is 32.1 Å². The minimum absolute atomic E-state index is 0.638. The van der Waals surface area contributed by atoms with Crippen molar-refractivity contribution < 1.29 is 0 Å². The van der Waals surface area contributed by atoms with Crippen LogP contribution in [0.4, 0.5) is 5.95 Å². The molecule has 0 saturated heterocycles. The van der Waals surface area contributed by atoms with E-state index in [-0.39, 0.29) is 0 Å². The largest absolute Gasteiger partial charge is 0.341 e. The molecule has 1 aromatic rings. The molecule has 1 aromatic heterocycles. The molecule has 4 heteroatoms. The molecule has 0 amide bonds. The van der Waals surface area contributed by atoms with Crippen molar-refractivity contribution >= 4 is 28.5 Å². The molecular formula is C11H16IN3. The lowest BCUT2D eigenvalue weighted by atomic mass is 9.95. The number of anilines is 1. The molecule has 1 aliphatic rings. The molecule has 1 fully saturated rings. The lowest BCUT2D eigenvalue weighted by Gasteiger charge is -2.31. The maximum Gasteiger partial charge on any atom is 0.225 e. The molecule has 82 valence electrons. The summed E-state index contributed by atoms with van der Waals surface area (Å²) in [5.41, 5.74) is 0. The second-order valence-electron chi connectivity index (χ2n) is 4.10. The topological polar surface area (TPSA) is 29.0 Å². The summed E-state index contributed by atoms with van der Waals surface area (Å²) in [5.74, 6) is 0.863. The molecule has 0 aromatic carbocycles. The van der Waals surface area contributed by atoms with Crippen LogP contribution in [0.3, 0.4) is 0 Å². The van der Waals surface area contributed by atoms with Crippen LogP contribution in [0.5, 0.6) is 0 Å². The van der Waals surface area contributed by atoms with Gasteiger partial charge in [-0.3, -0.25) is 0 Å². The average molecular weight is 317 g/mol. The number of aromatic nitrogens is 2. The molecule has 0 atom stereocenters. The highest BCUT2D eigenvalue weighted by atomic mass is 127. The Labute approximate surface area is 104 Å². The highest BCUT2D eigenvalue weighted by Gasteiger charge is 2.19. The molecular weight excluding hydrogens is 301 g/mol. The summed E-state index contributed by atoms with van der Waals surface area (Å²) in [4.78, 5) is 11.0. The second-order valence-corrected chi connectivity index (χ2v) is 5.35. The molecule has 15 heavy (non-hydrogen) atoms. The Balaban J connectivity index is 2.05. The number of hydrogen-bond acceptors (Lipinski definition) is 3. The van der Waals surface area contributed by atoms with Crippen molar-refractivity contribution in [1.82, 2.24) is 9.97 Å². The van der Waals surface area contributed by atoms with Gasteiger partial charge in [-0.15, -0.1) is 0 Å². The van der Waals surface area contributed by atoms with E-state index in [1.807, 2.05) is 12.4 Å². The smallest absolute Gasteiger partial charge is 0.225 e. The van der Waals surface area contributed by atoms with Gasteiger partial charge in [-0.2, -0.15) is 0 Å². The molecule has 0 N–H and O–H groups in total. The van der Waals surface area contributed by atoms with E-state index in [0.717, 1.165) is 9.52 Å². The van der Waals surface area contributed by atoms with Crippen molar-refractivity contribution in [3.05, 3.63) is 16.0 Å². The molecule has 1 aliphatic carbocycles. The molecule has 0 aliphatic heterocycles. The van der Waals surface area contributed by atoms with E-state index in [9.17, 15) is 0 Å². The van der Waals surface area contributed by atoms with Crippen LogP contribution >= 0.6 is 22.6 Å². The lowest BCUT2D eigenvalue weighted by molar-refractivity contribution is 0.424. The van der Waals surface area contributed by atoms with Gasteiger partial charge in [-0.1, -0.05) is 19.3 Å². The predicted molar refractivity (Wildman–Crippen MR) is 70.0 cm³/mol. The minimum atomic E-state index is 0.638. The van der Waals surface area contributed by atoms with Crippen molar-refractivity contribution in [2.45, 2.75) is 38.1 Å². The standard InChI is InChI=1S/C11H16IN3/c1-15(10-5-3-2-4-6-10)11-13-7-9(12)8-14-11/h7-8,10H,2-6H2,1H3. The fourth-order valence-electron chi connectivity index (χ4n) is 2.12. The van der Waals surface area contributed by atoms with Crippen molar-refractivity contribution in [2.24, 2.45) is 0 Å². The van der Waals surface area contributed by atoms with Crippen molar-refractivity contribution in [3.63, 3.8) is 0 Å². The molecule has 1 saturated carbocycles. The Morgan fingerprint density at radius 3 is 2.40 bits per heavy atom. The quantitative estimate of drug-likeness (QED) is 0.786. The average Bonchev–Trinajstić information content (AvgIpc) is 2.30. The Kier molecular flexibility index (Phi) is 3.77. The van der Waals surface area contributed by atoms with Gasteiger partial charge in [0.2, 0.25) is 5.95 Å². The summed E-state index contributed by atoms with van der Waals surface area (Å²) in [5, 5.41) is 0. The first-order valence-electron chi connectivity index (χ1n) is 5.48. The summed E-state index contributed by atoms with van der Waals surface area (Å²) in [6, 6.07) is 0.638. The minimum Gasteiger partial charge on any atom is -0.341 e. The first-order valence-corrected chi connectivity index (χ1v) is 6.55. The Morgan fingerprint density at radius 2 is 1.80 bits per heavy atom. The maximum atomic E-state index is 4.36. The van der Waals surface area contributed by atoms with Gasteiger partial charge >= 0.3 is 0 Å². The van der Waals surface area contributed by atoms with Gasteiger partial charge in [-0.05, 0) is 35.4 Å². The fourth-order valence-corrected chi connectivity index (χ4v) is 2.40. The molecule has 0 spiro atoms. The predicted octanol–water partition coefficient (Wildman–Crippen LogP) is 2.85. The molecule has 1 heterocycles. The third-order valence-corrected chi connectivity index (χ3v) is 3.60. The van der Waals surface area contributed by atoms with Gasteiger partial charge in [0.1, 0.15) is 0 Å². The molecule has 0 bridgehead atoms. The first-order chi connectivity index (χ1) is 7.27. The Bertz CT molecular complexity index is 306. The maximum absolute atomic E-state index is 4.36.